The number of anilines is 1. The van der Waals surface area contributed by atoms with Gasteiger partial charge < -0.3 is 10.1 Å². The van der Waals surface area contributed by atoms with E-state index in [0.29, 0.717) is 6.42 Å². The number of benzene rings is 1. The second-order valence-electron chi connectivity index (χ2n) is 3.88. The van der Waals surface area contributed by atoms with Gasteiger partial charge in [-0.1, -0.05) is 18.7 Å². The maximum absolute atomic E-state index is 8.52. The largest absolute Gasteiger partial charge is 0.495 e. The molecule has 0 aliphatic heterocycles. The highest BCUT2D eigenvalue weighted by atomic mass is 16.5. The highest BCUT2D eigenvalue weighted by Crippen LogP contribution is 2.15. The minimum absolute atomic E-state index is 0.552. The highest BCUT2D eigenvalue weighted by Gasteiger charge is 1.99. The molecule has 0 amide bonds. The Morgan fingerprint density at radius 3 is 2.61 bits per heavy atom. The normalized spacial score (nSPS) is 11.2. The molecule has 0 aromatic heterocycles. The molecular formula is C15H18N2O. The summed E-state index contributed by atoms with van der Waals surface area (Å²) in [7, 11) is 1.62. The molecule has 18 heavy (non-hydrogen) atoms. The van der Waals surface area contributed by atoms with Crippen LogP contribution in [0.4, 0.5) is 5.69 Å². The predicted octanol–water partition coefficient (Wildman–Crippen LogP) is 3.62. The smallest absolute Gasteiger partial charge is 0.137 e. The van der Waals surface area contributed by atoms with Gasteiger partial charge in [-0.05, 0) is 37.1 Å². The Morgan fingerprint density at radius 1 is 1.44 bits per heavy atom. The van der Waals surface area contributed by atoms with Gasteiger partial charge in [-0.25, -0.2) is 0 Å². The van der Waals surface area contributed by atoms with Crippen molar-refractivity contribution in [2.24, 2.45) is 0 Å². The van der Waals surface area contributed by atoms with Crippen LogP contribution in [0.2, 0.25) is 0 Å². The fourth-order valence-electron chi connectivity index (χ4n) is 1.62. The van der Waals surface area contributed by atoms with Crippen LogP contribution in [0.15, 0.2) is 48.4 Å². The second-order valence-corrected chi connectivity index (χ2v) is 3.88. The number of hydrogen-bond acceptors (Lipinski definition) is 3. The molecule has 0 aliphatic rings. The van der Waals surface area contributed by atoms with Crippen molar-refractivity contribution in [3.63, 3.8) is 0 Å². The molecule has 0 heterocycles. The van der Waals surface area contributed by atoms with E-state index in [1.54, 1.807) is 13.2 Å². The Hall–Kier alpha value is -2.21. The lowest BCUT2D eigenvalue weighted by Gasteiger charge is -2.10. The van der Waals surface area contributed by atoms with Gasteiger partial charge in [0.1, 0.15) is 5.76 Å². The molecule has 1 N–H and O–H groups in total. The maximum Gasteiger partial charge on any atom is 0.137 e. The first-order valence-corrected chi connectivity index (χ1v) is 5.81. The zero-order chi connectivity index (χ0) is 13.4. The summed E-state index contributed by atoms with van der Waals surface area (Å²) in [5.41, 5.74) is 3.07. The molecule has 0 saturated heterocycles. The minimum Gasteiger partial charge on any atom is -0.495 e. The van der Waals surface area contributed by atoms with Crippen molar-refractivity contribution in [3.8, 4) is 6.07 Å². The van der Waals surface area contributed by atoms with Gasteiger partial charge in [-0.15, -0.1) is 0 Å². The third kappa shape index (κ3) is 3.99. The Morgan fingerprint density at radius 2 is 2.11 bits per heavy atom. The lowest BCUT2D eigenvalue weighted by molar-refractivity contribution is 0.303. The van der Waals surface area contributed by atoms with Gasteiger partial charge in [0.2, 0.25) is 0 Å². The van der Waals surface area contributed by atoms with Crippen molar-refractivity contribution >= 4 is 5.69 Å². The molecule has 0 atom stereocenters. The number of nitrogens with zero attached hydrogens (tertiary/aromatic N) is 1. The number of hydrogen-bond donors (Lipinski definition) is 1. The summed E-state index contributed by atoms with van der Waals surface area (Å²) in [5, 5.41) is 11.8. The van der Waals surface area contributed by atoms with Crippen LogP contribution in [-0.2, 0) is 11.2 Å². The van der Waals surface area contributed by atoms with Gasteiger partial charge in [-0.2, -0.15) is 5.26 Å². The SMILES string of the molecule is C=C/C(OC)=C(\C)Nc1ccc(CCC#N)cc1. The van der Waals surface area contributed by atoms with Crippen LogP contribution in [-0.4, -0.2) is 7.11 Å². The van der Waals surface area contributed by atoms with Crippen molar-refractivity contribution in [3.05, 3.63) is 53.9 Å². The summed E-state index contributed by atoms with van der Waals surface area (Å²) in [4.78, 5) is 0. The summed E-state index contributed by atoms with van der Waals surface area (Å²) in [5.74, 6) is 0.726. The average Bonchev–Trinajstić information content (AvgIpc) is 2.39. The molecule has 3 nitrogen and oxygen atoms in total. The first-order chi connectivity index (χ1) is 8.71. The van der Waals surface area contributed by atoms with Gasteiger partial charge >= 0.3 is 0 Å². The van der Waals surface area contributed by atoms with Crippen LogP contribution < -0.4 is 5.32 Å². The quantitative estimate of drug-likeness (QED) is 0.612. The lowest BCUT2D eigenvalue weighted by atomic mass is 10.1. The molecule has 1 aromatic rings. The molecule has 0 spiro atoms. The van der Waals surface area contributed by atoms with Gasteiger partial charge in [0.15, 0.2) is 0 Å². The van der Waals surface area contributed by atoms with Gasteiger partial charge in [-0.3, -0.25) is 0 Å². The van der Waals surface area contributed by atoms with E-state index in [0.717, 1.165) is 23.6 Å². The molecule has 1 rings (SSSR count). The average molecular weight is 242 g/mol. The van der Waals surface area contributed by atoms with Crippen LogP contribution in [0.25, 0.3) is 0 Å². The number of nitrogens with one attached hydrogen (secondary N) is 1. The van der Waals surface area contributed by atoms with Crippen molar-refractivity contribution in [1.29, 1.82) is 5.26 Å². The van der Waals surface area contributed by atoms with Crippen LogP contribution in [0.5, 0.6) is 0 Å². The molecule has 0 unspecified atom stereocenters. The number of rotatable bonds is 6. The highest BCUT2D eigenvalue weighted by molar-refractivity contribution is 5.50. The molecule has 0 saturated carbocycles. The maximum atomic E-state index is 8.52. The fourth-order valence-corrected chi connectivity index (χ4v) is 1.62. The molecule has 1 aromatic carbocycles. The van der Waals surface area contributed by atoms with E-state index in [9.17, 15) is 0 Å². The number of methoxy groups -OCH3 is 1. The molecule has 0 fully saturated rings. The Balaban J connectivity index is 2.72. The molecular weight excluding hydrogens is 224 g/mol. The van der Waals surface area contributed by atoms with E-state index in [1.807, 2.05) is 31.2 Å². The predicted molar refractivity (Wildman–Crippen MR) is 73.9 cm³/mol. The molecule has 3 heteroatoms. The molecule has 94 valence electrons. The Bertz CT molecular complexity index is 466. The number of ether oxygens (including phenoxy) is 1. The van der Waals surface area contributed by atoms with E-state index >= 15 is 0 Å². The fraction of sp³-hybridized carbons (Fsp3) is 0.267. The first-order valence-electron chi connectivity index (χ1n) is 5.81. The van der Waals surface area contributed by atoms with E-state index in [2.05, 4.69) is 18.0 Å². The Labute approximate surface area is 108 Å². The molecule has 0 bridgehead atoms. The lowest BCUT2D eigenvalue weighted by Crippen LogP contribution is -2.00. The van der Waals surface area contributed by atoms with Crippen LogP contribution in [0, 0.1) is 11.3 Å². The summed E-state index contributed by atoms with van der Waals surface area (Å²) in [6.45, 7) is 5.62. The Kier molecular flexibility index (Phi) is 5.53. The second kappa shape index (κ2) is 7.18. The van der Waals surface area contributed by atoms with Crippen molar-refractivity contribution in [2.45, 2.75) is 19.8 Å². The summed E-state index contributed by atoms with van der Waals surface area (Å²) in [6.07, 6.45) is 3.02. The zero-order valence-corrected chi connectivity index (χ0v) is 10.9. The summed E-state index contributed by atoms with van der Waals surface area (Å²) in [6, 6.07) is 10.2. The van der Waals surface area contributed by atoms with Crippen LogP contribution >= 0.6 is 0 Å². The van der Waals surface area contributed by atoms with Crippen LogP contribution in [0.1, 0.15) is 18.9 Å². The third-order valence-corrected chi connectivity index (χ3v) is 2.59. The number of aryl methyl sites for hydroxylation is 1. The zero-order valence-electron chi connectivity index (χ0n) is 10.9. The van der Waals surface area contributed by atoms with E-state index < -0.39 is 0 Å². The summed E-state index contributed by atoms with van der Waals surface area (Å²) < 4.78 is 5.17. The summed E-state index contributed by atoms with van der Waals surface area (Å²) >= 11 is 0. The van der Waals surface area contributed by atoms with Gasteiger partial charge in [0, 0.05) is 12.1 Å². The van der Waals surface area contributed by atoms with E-state index in [4.69, 9.17) is 10.00 Å². The van der Waals surface area contributed by atoms with E-state index in [1.165, 1.54) is 5.56 Å². The molecule has 0 radical (unpaired) electrons. The number of nitriles is 1. The van der Waals surface area contributed by atoms with Gasteiger partial charge in [0.05, 0.1) is 18.9 Å². The molecule has 0 aliphatic carbocycles. The van der Waals surface area contributed by atoms with E-state index in [-0.39, 0.29) is 0 Å². The minimum atomic E-state index is 0.552. The number of allylic oxidation sites excluding steroid dienone is 2. The van der Waals surface area contributed by atoms with Crippen LogP contribution in [0.3, 0.4) is 0 Å². The monoisotopic (exact) mass is 242 g/mol. The van der Waals surface area contributed by atoms with Gasteiger partial charge in [0.25, 0.3) is 0 Å². The third-order valence-electron chi connectivity index (χ3n) is 2.59. The van der Waals surface area contributed by atoms with Crippen molar-refractivity contribution in [2.75, 3.05) is 12.4 Å². The van der Waals surface area contributed by atoms with Crippen molar-refractivity contribution < 1.29 is 4.74 Å². The topological polar surface area (TPSA) is 45.0 Å². The van der Waals surface area contributed by atoms with Crippen molar-refractivity contribution in [1.82, 2.24) is 0 Å². The first kappa shape index (κ1) is 13.9. The standard InChI is InChI=1S/C15H18N2O/c1-4-15(18-3)12(2)17-14-9-7-13(8-10-14)6-5-11-16/h4,7-10,17H,1,5-6H2,2-3H3/b15-12-.